The fraction of sp³-hybridized carbons (Fsp3) is 0.588. The molecular formula is C17H27NO2. The molecule has 0 saturated heterocycles. The number of nitrogens with zero attached hydrogens (tertiary/aromatic N) is 1. The molecular weight excluding hydrogens is 250 g/mol. The third kappa shape index (κ3) is 6.20. The van der Waals surface area contributed by atoms with Gasteiger partial charge in [0, 0.05) is 14.1 Å². The molecule has 0 fully saturated rings. The summed E-state index contributed by atoms with van der Waals surface area (Å²) in [5.74, 6) is -0.267. The van der Waals surface area contributed by atoms with E-state index in [-0.39, 0.29) is 5.97 Å². The Balaban J connectivity index is 2.47. The number of unbranched alkanes of at least 4 members (excludes halogenated alkanes) is 5. The monoisotopic (exact) mass is 277 g/mol. The van der Waals surface area contributed by atoms with E-state index in [2.05, 4.69) is 6.92 Å². The molecule has 20 heavy (non-hydrogen) atoms. The Labute approximate surface area is 122 Å². The van der Waals surface area contributed by atoms with Crippen LogP contribution in [-0.2, 0) is 11.3 Å². The maximum atomic E-state index is 12.0. The molecule has 1 aromatic rings. The van der Waals surface area contributed by atoms with Crippen molar-refractivity contribution in [3.63, 3.8) is 0 Å². The Hall–Kier alpha value is -1.35. The zero-order valence-electron chi connectivity index (χ0n) is 13.0. The number of aryl methyl sites for hydroxylation is 1. The van der Waals surface area contributed by atoms with Crippen LogP contribution < -0.4 is 0 Å². The molecule has 0 spiro atoms. The lowest BCUT2D eigenvalue weighted by Gasteiger charge is -2.12. The molecule has 0 N–H and O–H groups in total. The van der Waals surface area contributed by atoms with E-state index in [1.54, 1.807) is 14.1 Å². The van der Waals surface area contributed by atoms with Gasteiger partial charge in [-0.25, -0.2) is 4.79 Å². The third-order valence-corrected chi connectivity index (χ3v) is 3.30. The van der Waals surface area contributed by atoms with Gasteiger partial charge in [0.05, 0.1) is 5.56 Å². The van der Waals surface area contributed by atoms with Crippen molar-refractivity contribution >= 4 is 5.97 Å². The van der Waals surface area contributed by atoms with Crippen LogP contribution in [0.3, 0.4) is 0 Å². The van der Waals surface area contributed by atoms with Crippen LogP contribution in [0.2, 0.25) is 0 Å². The summed E-state index contributed by atoms with van der Waals surface area (Å²) in [6.07, 6.45) is 8.53. The van der Waals surface area contributed by atoms with Gasteiger partial charge < -0.3 is 4.84 Å². The van der Waals surface area contributed by atoms with E-state index in [1.807, 2.05) is 24.3 Å². The van der Waals surface area contributed by atoms with Crippen molar-refractivity contribution in [3.05, 3.63) is 35.4 Å². The summed E-state index contributed by atoms with van der Waals surface area (Å²) in [5, 5.41) is 1.43. The molecule has 0 heterocycles. The van der Waals surface area contributed by atoms with Gasteiger partial charge in [0.1, 0.15) is 0 Å². The average molecular weight is 277 g/mol. The van der Waals surface area contributed by atoms with Crippen LogP contribution in [0.15, 0.2) is 24.3 Å². The van der Waals surface area contributed by atoms with Crippen LogP contribution in [0, 0.1) is 0 Å². The number of benzene rings is 1. The van der Waals surface area contributed by atoms with E-state index in [0.29, 0.717) is 5.56 Å². The zero-order chi connectivity index (χ0) is 14.8. The summed E-state index contributed by atoms with van der Waals surface area (Å²) < 4.78 is 0. The molecule has 1 aromatic carbocycles. The highest BCUT2D eigenvalue weighted by atomic mass is 16.7. The Morgan fingerprint density at radius 3 is 2.40 bits per heavy atom. The Bertz CT molecular complexity index is 402. The lowest BCUT2D eigenvalue weighted by molar-refractivity contribution is -0.0714. The van der Waals surface area contributed by atoms with Gasteiger partial charge in [0.2, 0.25) is 0 Å². The van der Waals surface area contributed by atoms with Crippen molar-refractivity contribution in [1.29, 1.82) is 0 Å². The molecule has 0 aliphatic carbocycles. The molecule has 0 bridgehead atoms. The standard InChI is InChI=1S/C17H27NO2/c1-4-5-6-7-8-9-12-15-13-10-11-14-16(15)17(19)20-18(2)3/h10-11,13-14H,4-9,12H2,1-3H3. The second-order valence-corrected chi connectivity index (χ2v) is 5.37. The average Bonchev–Trinajstić information content (AvgIpc) is 2.42. The normalized spacial score (nSPS) is 10.8. The van der Waals surface area contributed by atoms with E-state index in [9.17, 15) is 4.79 Å². The van der Waals surface area contributed by atoms with Crippen molar-refractivity contribution in [3.8, 4) is 0 Å². The van der Waals surface area contributed by atoms with Gasteiger partial charge in [-0.2, -0.15) is 0 Å². The lowest BCUT2D eigenvalue weighted by Crippen LogP contribution is -2.19. The Morgan fingerprint density at radius 1 is 1.05 bits per heavy atom. The molecule has 0 aliphatic heterocycles. The fourth-order valence-corrected chi connectivity index (χ4v) is 2.25. The summed E-state index contributed by atoms with van der Waals surface area (Å²) >= 11 is 0. The molecule has 3 nitrogen and oxygen atoms in total. The summed E-state index contributed by atoms with van der Waals surface area (Å²) in [6, 6.07) is 7.74. The highest BCUT2D eigenvalue weighted by Gasteiger charge is 2.13. The van der Waals surface area contributed by atoms with Crippen molar-refractivity contribution < 1.29 is 9.63 Å². The minimum absolute atomic E-state index is 0.267. The SMILES string of the molecule is CCCCCCCCc1ccccc1C(=O)ON(C)C. The van der Waals surface area contributed by atoms with Gasteiger partial charge in [0.15, 0.2) is 0 Å². The molecule has 0 amide bonds. The van der Waals surface area contributed by atoms with Gasteiger partial charge in [-0.1, -0.05) is 57.2 Å². The van der Waals surface area contributed by atoms with Crippen LogP contribution in [0.1, 0.15) is 61.4 Å². The smallest absolute Gasteiger partial charge is 0.357 e. The van der Waals surface area contributed by atoms with E-state index in [0.717, 1.165) is 18.4 Å². The van der Waals surface area contributed by atoms with Crippen LogP contribution in [0.5, 0.6) is 0 Å². The summed E-state index contributed by atoms with van der Waals surface area (Å²) in [6.45, 7) is 2.23. The van der Waals surface area contributed by atoms with E-state index in [4.69, 9.17) is 4.84 Å². The van der Waals surface area contributed by atoms with Crippen molar-refractivity contribution in [2.45, 2.75) is 51.9 Å². The molecule has 1 rings (SSSR count). The highest BCUT2D eigenvalue weighted by molar-refractivity contribution is 5.90. The lowest BCUT2D eigenvalue weighted by atomic mass is 10.0. The van der Waals surface area contributed by atoms with Crippen LogP contribution in [-0.4, -0.2) is 25.1 Å². The summed E-state index contributed by atoms with van der Waals surface area (Å²) in [7, 11) is 3.43. The predicted molar refractivity (Wildman–Crippen MR) is 82.6 cm³/mol. The zero-order valence-corrected chi connectivity index (χ0v) is 13.0. The van der Waals surface area contributed by atoms with Crippen molar-refractivity contribution in [2.24, 2.45) is 0 Å². The number of carbonyl (C=O) groups is 1. The molecule has 0 saturated carbocycles. The van der Waals surface area contributed by atoms with Gasteiger partial charge in [-0.3, -0.25) is 0 Å². The third-order valence-electron chi connectivity index (χ3n) is 3.30. The maximum Gasteiger partial charge on any atom is 0.357 e. The summed E-state index contributed by atoms with van der Waals surface area (Å²) in [4.78, 5) is 17.1. The van der Waals surface area contributed by atoms with Crippen LogP contribution in [0.4, 0.5) is 0 Å². The second kappa shape index (κ2) is 9.54. The molecule has 3 heteroatoms. The first-order valence-corrected chi connectivity index (χ1v) is 7.62. The quantitative estimate of drug-likeness (QED) is 0.500. The molecule has 0 aromatic heterocycles. The van der Waals surface area contributed by atoms with E-state index >= 15 is 0 Å². The molecule has 112 valence electrons. The topological polar surface area (TPSA) is 29.5 Å². The van der Waals surface area contributed by atoms with E-state index < -0.39 is 0 Å². The Kier molecular flexibility index (Phi) is 7.97. The minimum atomic E-state index is -0.267. The minimum Gasteiger partial charge on any atom is -0.364 e. The van der Waals surface area contributed by atoms with Crippen molar-refractivity contribution in [2.75, 3.05) is 14.1 Å². The molecule has 0 unspecified atom stereocenters. The van der Waals surface area contributed by atoms with E-state index in [1.165, 1.54) is 37.2 Å². The first-order valence-electron chi connectivity index (χ1n) is 7.62. The largest absolute Gasteiger partial charge is 0.364 e. The van der Waals surface area contributed by atoms with Gasteiger partial charge in [-0.05, 0) is 24.5 Å². The number of hydrogen-bond donors (Lipinski definition) is 0. The van der Waals surface area contributed by atoms with Gasteiger partial charge in [-0.15, -0.1) is 5.06 Å². The number of carbonyl (C=O) groups excluding carboxylic acids is 1. The van der Waals surface area contributed by atoms with Crippen LogP contribution >= 0.6 is 0 Å². The highest BCUT2D eigenvalue weighted by Crippen LogP contribution is 2.15. The number of hydroxylamine groups is 2. The Morgan fingerprint density at radius 2 is 1.70 bits per heavy atom. The second-order valence-electron chi connectivity index (χ2n) is 5.37. The van der Waals surface area contributed by atoms with Crippen LogP contribution in [0.25, 0.3) is 0 Å². The molecule has 0 aliphatic rings. The first-order chi connectivity index (χ1) is 9.65. The number of hydrogen-bond acceptors (Lipinski definition) is 3. The van der Waals surface area contributed by atoms with Crippen molar-refractivity contribution in [1.82, 2.24) is 5.06 Å². The predicted octanol–water partition coefficient (Wildman–Crippen LogP) is 4.22. The molecule has 0 atom stereocenters. The summed E-state index contributed by atoms with van der Waals surface area (Å²) in [5.41, 5.74) is 1.78. The molecule has 0 radical (unpaired) electrons. The fourth-order valence-electron chi connectivity index (χ4n) is 2.25. The van der Waals surface area contributed by atoms with Gasteiger partial charge in [0.25, 0.3) is 0 Å². The number of rotatable bonds is 9. The van der Waals surface area contributed by atoms with Gasteiger partial charge >= 0.3 is 5.97 Å². The maximum absolute atomic E-state index is 12.0. The first kappa shape index (κ1) is 16.7.